The van der Waals surface area contributed by atoms with Gasteiger partial charge in [0.25, 0.3) is 0 Å². The number of phenols is 1. The van der Waals surface area contributed by atoms with Gasteiger partial charge in [0.2, 0.25) is 5.82 Å². The van der Waals surface area contributed by atoms with Crippen molar-refractivity contribution < 1.29 is 14.6 Å². The number of rotatable bonds is 4. The fourth-order valence-electron chi connectivity index (χ4n) is 4.67. The van der Waals surface area contributed by atoms with Crippen LogP contribution in [0.2, 0.25) is 0 Å². The summed E-state index contributed by atoms with van der Waals surface area (Å²) in [6.07, 6.45) is 2.69. The number of nitrogens with zero attached hydrogens (tertiary/aromatic N) is 7. The van der Waals surface area contributed by atoms with Crippen LogP contribution in [0.3, 0.4) is 0 Å². The minimum atomic E-state index is 0.163. The quantitative estimate of drug-likeness (QED) is 0.468. The molecule has 3 N–H and O–H groups in total. The van der Waals surface area contributed by atoms with E-state index in [0.29, 0.717) is 29.4 Å². The van der Waals surface area contributed by atoms with E-state index in [1.807, 2.05) is 24.3 Å². The molecule has 2 fully saturated rings. The maximum absolute atomic E-state index is 10.3. The largest absolute Gasteiger partial charge is 0.507 e. The van der Waals surface area contributed by atoms with Crippen LogP contribution in [0.15, 0.2) is 42.6 Å². The van der Waals surface area contributed by atoms with Crippen molar-refractivity contribution in [3.8, 4) is 28.8 Å². The van der Waals surface area contributed by atoms with Crippen molar-refractivity contribution in [2.45, 2.75) is 19.4 Å². The summed E-state index contributed by atoms with van der Waals surface area (Å²) in [6, 6.07) is 11.2. The number of hydrogen-bond donors (Lipinski definition) is 2. The average molecular weight is 547 g/mol. The van der Waals surface area contributed by atoms with Crippen LogP contribution in [0.25, 0.3) is 11.3 Å². The molecule has 0 radical (unpaired) electrons. The van der Waals surface area contributed by atoms with E-state index in [2.05, 4.69) is 53.4 Å². The molecule has 0 bridgehead atoms. The van der Waals surface area contributed by atoms with Crippen LogP contribution >= 0.6 is 0 Å². The van der Waals surface area contributed by atoms with Crippen LogP contribution in [0, 0.1) is 11.8 Å². The second kappa shape index (κ2) is 14.4. The van der Waals surface area contributed by atoms with Gasteiger partial charge in [0.1, 0.15) is 11.6 Å². The Hall–Kier alpha value is -3.98. The molecule has 0 saturated carbocycles. The standard InChI is InChI=1S/C27H32N8O2.C2H6O/c1-20-9-12-34(23-19-22(31-32-27(23)28)21-5-2-3-6-24(21)36)13-14-35(20)26-8-10-29-25(30-26)7-4-11-33-15-17-37-18-16-33;1-3-2/h2-3,5-6,8,10,19-20,36H,9,11-18H2,1H3,(H2,28,32);1-2H3. The molecular weight excluding hydrogens is 508 g/mol. The Labute approximate surface area is 236 Å². The van der Waals surface area contributed by atoms with Crippen LogP contribution < -0.4 is 15.5 Å². The van der Waals surface area contributed by atoms with Crippen LogP contribution in [-0.2, 0) is 9.47 Å². The topological polar surface area (TPSA) is 126 Å². The number of anilines is 3. The number of morpholine rings is 1. The Morgan fingerprint density at radius 3 is 2.62 bits per heavy atom. The number of phenolic OH excluding ortho intramolecular Hbond substituents is 1. The van der Waals surface area contributed by atoms with Crippen molar-refractivity contribution in [2.75, 3.05) is 82.2 Å². The number of methoxy groups -OCH3 is 1. The van der Waals surface area contributed by atoms with Crippen LogP contribution in [0.4, 0.5) is 17.3 Å². The molecule has 212 valence electrons. The second-order valence-electron chi connectivity index (χ2n) is 9.67. The van der Waals surface area contributed by atoms with Gasteiger partial charge in [-0.05, 0) is 43.5 Å². The van der Waals surface area contributed by atoms with Gasteiger partial charge in [-0.3, -0.25) is 4.90 Å². The first kappa shape index (κ1) is 29.0. The molecule has 0 amide bonds. The van der Waals surface area contributed by atoms with Gasteiger partial charge in [0, 0.05) is 64.7 Å². The molecule has 1 aromatic carbocycles. The predicted molar refractivity (Wildman–Crippen MR) is 156 cm³/mol. The van der Waals surface area contributed by atoms with Gasteiger partial charge in [0.15, 0.2) is 5.82 Å². The number of hydrogen-bond acceptors (Lipinski definition) is 11. The van der Waals surface area contributed by atoms with Gasteiger partial charge < -0.3 is 30.1 Å². The van der Waals surface area contributed by atoms with Gasteiger partial charge in [-0.2, -0.15) is 0 Å². The summed E-state index contributed by atoms with van der Waals surface area (Å²) in [7, 11) is 3.25. The molecule has 40 heavy (non-hydrogen) atoms. The van der Waals surface area contributed by atoms with E-state index < -0.39 is 0 Å². The van der Waals surface area contributed by atoms with Gasteiger partial charge >= 0.3 is 0 Å². The number of nitrogens with two attached hydrogens (primary N) is 1. The fraction of sp³-hybridized carbons (Fsp3) is 0.448. The average Bonchev–Trinajstić information content (AvgIpc) is 3.16. The lowest BCUT2D eigenvalue weighted by Gasteiger charge is -2.28. The molecule has 3 aromatic rings. The number of para-hydroxylation sites is 1. The van der Waals surface area contributed by atoms with Crippen molar-refractivity contribution in [1.29, 1.82) is 0 Å². The lowest BCUT2D eigenvalue weighted by molar-refractivity contribution is 0.0443. The third kappa shape index (κ3) is 7.57. The summed E-state index contributed by atoms with van der Waals surface area (Å²) in [4.78, 5) is 15.9. The van der Waals surface area contributed by atoms with E-state index >= 15 is 0 Å². The Bertz CT molecular complexity index is 1310. The zero-order valence-electron chi connectivity index (χ0n) is 23.5. The zero-order valence-corrected chi connectivity index (χ0v) is 23.5. The fourth-order valence-corrected chi connectivity index (χ4v) is 4.67. The monoisotopic (exact) mass is 546 g/mol. The smallest absolute Gasteiger partial charge is 0.206 e. The first-order valence-electron chi connectivity index (χ1n) is 13.5. The van der Waals surface area contributed by atoms with E-state index in [0.717, 1.165) is 63.9 Å². The van der Waals surface area contributed by atoms with Crippen LogP contribution in [0.1, 0.15) is 19.2 Å². The van der Waals surface area contributed by atoms with Gasteiger partial charge in [-0.25, -0.2) is 9.97 Å². The summed E-state index contributed by atoms with van der Waals surface area (Å²) in [6.45, 7) is 8.53. The van der Waals surface area contributed by atoms with E-state index in [9.17, 15) is 5.11 Å². The highest BCUT2D eigenvalue weighted by molar-refractivity contribution is 5.74. The Morgan fingerprint density at radius 2 is 1.85 bits per heavy atom. The number of benzene rings is 1. The molecule has 11 heteroatoms. The number of ether oxygens (including phenoxy) is 2. The maximum atomic E-state index is 10.3. The molecule has 0 aliphatic carbocycles. The summed E-state index contributed by atoms with van der Waals surface area (Å²) in [5, 5.41) is 18.7. The van der Waals surface area contributed by atoms with Crippen molar-refractivity contribution in [1.82, 2.24) is 25.1 Å². The molecule has 1 unspecified atom stereocenters. The predicted octanol–water partition coefficient (Wildman–Crippen LogP) is 2.27. The number of aromatic nitrogens is 4. The molecule has 0 spiro atoms. The first-order chi connectivity index (χ1) is 19.5. The first-order valence-corrected chi connectivity index (χ1v) is 13.5. The van der Waals surface area contributed by atoms with E-state index in [-0.39, 0.29) is 11.8 Å². The van der Waals surface area contributed by atoms with Crippen LogP contribution in [0.5, 0.6) is 5.75 Å². The number of nitrogen functional groups attached to an aromatic ring is 1. The zero-order chi connectivity index (χ0) is 28.3. The third-order valence-corrected chi connectivity index (χ3v) is 6.82. The van der Waals surface area contributed by atoms with Gasteiger partial charge in [0.05, 0.1) is 31.1 Å². The lowest BCUT2D eigenvalue weighted by atomic mass is 10.1. The summed E-state index contributed by atoms with van der Waals surface area (Å²) in [5.74, 6) is 8.28. The van der Waals surface area contributed by atoms with Crippen molar-refractivity contribution in [3.05, 3.63) is 48.4 Å². The van der Waals surface area contributed by atoms with Crippen molar-refractivity contribution >= 4 is 17.3 Å². The van der Waals surface area contributed by atoms with Crippen LogP contribution in [-0.4, -0.2) is 103 Å². The Kier molecular flexibility index (Phi) is 10.5. The van der Waals surface area contributed by atoms with Gasteiger partial charge in [-0.15, -0.1) is 10.2 Å². The molecule has 4 heterocycles. The Balaban J connectivity index is 0.00000118. The minimum absolute atomic E-state index is 0.163. The maximum Gasteiger partial charge on any atom is 0.206 e. The highest BCUT2D eigenvalue weighted by Crippen LogP contribution is 2.32. The molecular formula is C29H38N8O3. The third-order valence-electron chi connectivity index (χ3n) is 6.82. The highest BCUT2D eigenvalue weighted by atomic mass is 16.5. The van der Waals surface area contributed by atoms with E-state index in [1.165, 1.54) is 0 Å². The molecule has 2 aliphatic rings. The molecule has 1 atom stereocenters. The van der Waals surface area contributed by atoms with Gasteiger partial charge in [-0.1, -0.05) is 18.1 Å². The normalized spacial score (nSPS) is 17.7. The highest BCUT2D eigenvalue weighted by Gasteiger charge is 2.24. The summed E-state index contributed by atoms with van der Waals surface area (Å²) < 4.78 is 9.64. The summed E-state index contributed by atoms with van der Waals surface area (Å²) >= 11 is 0. The molecule has 2 aromatic heterocycles. The summed E-state index contributed by atoms with van der Waals surface area (Å²) in [5.41, 5.74) is 8.29. The van der Waals surface area contributed by atoms with E-state index in [1.54, 1.807) is 32.5 Å². The molecule has 2 saturated heterocycles. The van der Waals surface area contributed by atoms with Crippen molar-refractivity contribution in [3.63, 3.8) is 0 Å². The number of aromatic hydroxyl groups is 1. The van der Waals surface area contributed by atoms with E-state index in [4.69, 9.17) is 15.5 Å². The van der Waals surface area contributed by atoms with Crippen molar-refractivity contribution in [2.24, 2.45) is 0 Å². The SMILES string of the molecule is CC1CCN(c2cc(-c3ccccc3O)nnc2N)CCN1c1ccnc(C#CCN2CCOCC2)n1.COC. The minimum Gasteiger partial charge on any atom is -0.507 e. The Morgan fingerprint density at radius 1 is 1.07 bits per heavy atom. The second-order valence-corrected chi connectivity index (χ2v) is 9.67. The molecule has 11 nitrogen and oxygen atoms in total. The lowest BCUT2D eigenvalue weighted by Crippen LogP contribution is -2.36. The molecule has 2 aliphatic heterocycles. The molecule has 5 rings (SSSR count).